The van der Waals surface area contributed by atoms with E-state index >= 15 is 0 Å². The number of hydrogen-bond donors (Lipinski definition) is 2. The molecule has 1 unspecified atom stereocenters. The van der Waals surface area contributed by atoms with Crippen molar-refractivity contribution in [1.29, 1.82) is 0 Å². The molecule has 1 aromatic carbocycles. The maximum Gasteiger partial charge on any atom is 0.256 e. The van der Waals surface area contributed by atoms with Crippen LogP contribution in [-0.2, 0) is 0 Å². The van der Waals surface area contributed by atoms with Gasteiger partial charge in [0.2, 0.25) is 0 Å². The number of aromatic amines is 1. The molecule has 0 bridgehead atoms. The van der Waals surface area contributed by atoms with Gasteiger partial charge in [-0.2, -0.15) is 0 Å². The van der Waals surface area contributed by atoms with E-state index in [4.69, 9.17) is 0 Å². The van der Waals surface area contributed by atoms with Crippen LogP contribution in [0.1, 0.15) is 30.1 Å². The maximum absolute atomic E-state index is 12.1. The summed E-state index contributed by atoms with van der Waals surface area (Å²) in [7, 11) is 0. The van der Waals surface area contributed by atoms with E-state index < -0.39 is 0 Å². The highest BCUT2D eigenvalue weighted by Crippen LogP contribution is 2.36. The monoisotopic (exact) mass is 272 g/mol. The van der Waals surface area contributed by atoms with Crippen LogP contribution in [0.15, 0.2) is 29.1 Å². The first-order valence-electron chi connectivity index (χ1n) is 7.19. The molecule has 20 heavy (non-hydrogen) atoms. The zero-order chi connectivity index (χ0) is 14.1. The Kier molecular flexibility index (Phi) is 3.59. The lowest BCUT2D eigenvalue weighted by Crippen LogP contribution is -2.28. The molecule has 1 saturated heterocycles. The number of nitrogens with zero attached hydrogens (tertiary/aromatic N) is 1. The molecule has 1 aliphatic rings. The number of aliphatic hydroxyl groups excluding tert-OH is 1. The van der Waals surface area contributed by atoms with E-state index in [1.807, 2.05) is 31.2 Å². The Morgan fingerprint density at radius 2 is 2.10 bits per heavy atom. The van der Waals surface area contributed by atoms with E-state index in [2.05, 4.69) is 9.88 Å². The van der Waals surface area contributed by atoms with Crippen molar-refractivity contribution in [3.05, 3.63) is 45.9 Å². The molecule has 2 aromatic rings. The van der Waals surface area contributed by atoms with E-state index in [1.54, 1.807) is 0 Å². The SMILES string of the molecule is Cc1[nH]c(=O)c2ccccc2c1C1CCCN1CCO. The second kappa shape index (κ2) is 5.38. The minimum Gasteiger partial charge on any atom is -0.395 e. The molecule has 106 valence electrons. The lowest BCUT2D eigenvalue weighted by molar-refractivity contribution is 0.186. The van der Waals surface area contributed by atoms with Crippen LogP contribution in [0.5, 0.6) is 0 Å². The Hall–Kier alpha value is -1.65. The lowest BCUT2D eigenvalue weighted by Gasteiger charge is -2.26. The van der Waals surface area contributed by atoms with Gasteiger partial charge in [-0.15, -0.1) is 0 Å². The molecule has 1 aliphatic heterocycles. The highest BCUT2D eigenvalue weighted by atomic mass is 16.3. The molecule has 0 aliphatic carbocycles. The van der Waals surface area contributed by atoms with Gasteiger partial charge in [0, 0.05) is 23.7 Å². The number of aryl methyl sites for hydroxylation is 1. The molecule has 4 heteroatoms. The van der Waals surface area contributed by atoms with Gasteiger partial charge in [-0.25, -0.2) is 0 Å². The summed E-state index contributed by atoms with van der Waals surface area (Å²) in [5.74, 6) is 0. The van der Waals surface area contributed by atoms with Crippen molar-refractivity contribution in [2.75, 3.05) is 19.7 Å². The van der Waals surface area contributed by atoms with Crippen molar-refractivity contribution in [2.24, 2.45) is 0 Å². The molecule has 0 radical (unpaired) electrons. The number of H-pyrrole nitrogens is 1. The second-order valence-electron chi connectivity index (χ2n) is 5.46. The van der Waals surface area contributed by atoms with Gasteiger partial charge in [-0.1, -0.05) is 18.2 Å². The van der Waals surface area contributed by atoms with Crippen LogP contribution >= 0.6 is 0 Å². The Morgan fingerprint density at radius 3 is 2.85 bits per heavy atom. The topological polar surface area (TPSA) is 56.3 Å². The number of rotatable bonds is 3. The van der Waals surface area contributed by atoms with Crippen molar-refractivity contribution in [1.82, 2.24) is 9.88 Å². The average molecular weight is 272 g/mol. The first kappa shape index (κ1) is 13.3. The molecular formula is C16H20N2O2. The molecule has 1 fully saturated rings. The van der Waals surface area contributed by atoms with Crippen molar-refractivity contribution < 1.29 is 5.11 Å². The molecule has 0 amide bonds. The fraction of sp³-hybridized carbons (Fsp3) is 0.438. The average Bonchev–Trinajstić information content (AvgIpc) is 2.88. The quantitative estimate of drug-likeness (QED) is 0.898. The lowest BCUT2D eigenvalue weighted by atomic mass is 9.96. The number of nitrogens with one attached hydrogen (secondary N) is 1. The Bertz CT molecular complexity index is 678. The van der Waals surface area contributed by atoms with E-state index in [0.717, 1.165) is 35.9 Å². The van der Waals surface area contributed by atoms with E-state index in [-0.39, 0.29) is 12.2 Å². The van der Waals surface area contributed by atoms with E-state index in [9.17, 15) is 9.90 Å². The van der Waals surface area contributed by atoms with Gasteiger partial charge >= 0.3 is 0 Å². The standard InChI is InChI=1S/C16H20N2O2/c1-11-15(14-7-4-8-18(14)9-10-19)12-5-2-3-6-13(12)16(20)17-11/h2-3,5-6,14,19H,4,7-10H2,1H3,(H,17,20). The third-order valence-electron chi connectivity index (χ3n) is 4.25. The highest BCUT2D eigenvalue weighted by Gasteiger charge is 2.28. The number of hydrogen-bond acceptors (Lipinski definition) is 3. The fourth-order valence-corrected chi connectivity index (χ4v) is 3.40. The normalized spacial score (nSPS) is 19.8. The minimum absolute atomic E-state index is 0.0199. The molecule has 1 atom stereocenters. The van der Waals surface area contributed by atoms with Crippen molar-refractivity contribution in [2.45, 2.75) is 25.8 Å². The smallest absolute Gasteiger partial charge is 0.256 e. The third-order valence-corrected chi connectivity index (χ3v) is 4.25. The van der Waals surface area contributed by atoms with Crippen LogP contribution in [0.25, 0.3) is 10.8 Å². The number of β-amino-alcohol motifs (C(OH)–C–C–N with tert-alkyl or cyclic N) is 1. The number of pyridine rings is 1. The third kappa shape index (κ3) is 2.15. The Balaban J connectivity index is 2.18. The summed E-state index contributed by atoms with van der Waals surface area (Å²) >= 11 is 0. The van der Waals surface area contributed by atoms with Crippen LogP contribution in [0, 0.1) is 6.92 Å². The van der Waals surface area contributed by atoms with Crippen LogP contribution in [0.2, 0.25) is 0 Å². The van der Waals surface area contributed by atoms with Crippen LogP contribution in [0.3, 0.4) is 0 Å². The molecule has 1 aromatic heterocycles. The van der Waals surface area contributed by atoms with Gasteiger partial charge in [-0.3, -0.25) is 9.69 Å². The van der Waals surface area contributed by atoms with Gasteiger partial charge in [0.05, 0.1) is 6.61 Å². The van der Waals surface area contributed by atoms with E-state index in [0.29, 0.717) is 12.6 Å². The Morgan fingerprint density at radius 1 is 1.35 bits per heavy atom. The maximum atomic E-state index is 12.1. The fourth-order valence-electron chi connectivity index (χ4n) is 3.40. The van der Waals surface area contributed by atoms with Crippen LogP contribution in [0.4, 0.5) is 0 Å². The zero-order valence-corrected chi connectivity index (χ0v) is 11.7. The summed E-state index contributed by atoms with van der Waals surface area (Å²) in [6.45, 7) is 3.85. The first-order valence-corrected chi connectivity index (χ1v) is 7.19. The summed E-state index contributed by atoms with van der Waals surface area (Å²) in [6.07, 6.45) is 2.22. The second-order valence-corrected chi connectivity index (χ2v) is 5.46. The predicted octanol–water partition coefficient (Wildman–Crippen LogP) is 1.97. The summed E-state index contributed by atoms with van der Waals surface area (Å²) in [6, 6.07) is 8.08. The minimum atomic E-state index is -0.0199. The highest BCUT2D eigenvalue weighted by molar-refractivity contribution is 5.85. The summed E-state index contributed by atoms with van der Waals surface area (Å²) in [5.41, 5.74) is 2.14. The molecule has 0 spiro atoms. The number of likely N-dealkylation sites (tertiary alicyclic amines) is 1. The van der Waals surface area contributed by atoms with Crippen molar-refractivity contribution >= 4 is 10.8 Å². The van der Waals surface area contributed by atoms with Gasteiger partial charge in [0.15, 0.2) is 0 Å². The van der Waals surface area contributed by atoms with Crippen LogP contribution < -0.4 is 5.56 Å². The molecular weight excluding hydrogens is 252 g/mol. The van der Waals surface area contributed by atoms with Gasteiger partial charge in [-0.05, 0) is 43.3 Å². The number of fused-ring (bicyclic) bond motifs is 1. The van der Waals surface area contributed by atoms with Crippen molar-refractivity contribution in [3.63, 3.8) is 0 Å². The molecule has 0 saturated carbocycles. The molecule has 4 nitrogen and oxygen atoms in total. The molecule has 2 N–H and O–H groups in total. The first-order chi connectivity index (χ1) is 9.72. The predicted molar refractivity (Wildman–Crippen MR) is 79.9 cm³/mol. The van der Waals surface area contributed by atoms with Crippen LogP contribution in [-0.4, -0.2) is 34.7 Å². The van der Waals surface area contributed by atoms with Gasteiger partial charge in [0.25, 0.3) is 5.56 Å². The summed E-state index contributed by atoms with van der Waals surface area (Å²) < 4.78 is 0. The number of benzene rings is 1. The van der Waals surface area contributed by atoms with Crippen molar-refractivity contribution in [3.8, 4) is 0 Å². The summed E-state index contributed by atoms with van der Waals surface area (Å²) in [5, 5.41) is 11.0. The van der Waals surface area contributed by atoms with Gasteiger partial charge < -0.3 is 10.1 Å². The number of aliphatic hydroxyl groups is 1. The van der Waals surface area contributed by atoms with E-state index in [1.165, 1.54) is 5.56 Å². The summed E-state index contributed by atoms with van der Waals surface area (Å²) in [4.78, 5) is 17.4. The van der Waals surface area contributed by atoms with Gasteiger partial charge in [0.1, 0.15) is 0 Å². The molecule has 2 heterocycles. The number of aromatic nitrogens is 1. The molecule has 3 rings (SSSR count). The zero-order valence-electron chi connectivity index (χ0n) is 11.7. The Labute approximate surface area is 118 Å². The largest absolute Gasteiger partial charge is 0.395 e.